The predicted octanol–water partition coefficient (Wildman–Crippen LogP) is 2.45. The molecule has 1 saturated heterocycles. The number of ether oxygens (including phenoxy) is 1. The smallest absolute Gasteiger partial charge is 0.254 e. The zero-order valence-corrected chi connectivity index (χ0v) is 18.1. The number of amides is 1. The van der Waals surface area contributed by atoms with Gasteiger partial charge >= 0.3 is 0 Å². The number of nitrogens with one attached hydrogen (secondary N) is 1. The molecule has 2 aliphatic heterocycles. The number of aromatic amines is 1. The van der Waals surface area contributed by atoms with E-state index in [1.165, 1.54) is 5.56 Å². The van der Waals surface area contributed by atoms with Gasteiger partial charge in [0.05, 0.1) is 19.3 Å². The first-order valence-electron chi connectivity index (χ1n) is 11.4. The fourth-order valence-electron chi connectivity index (χ4n) is 5.03. The van der Waals surface area contributed by atoms with Gasteiger partial charge in [0.2, 0.25) is 5.91 Å². The van der Waals surface area contributed by atoms with Crippen LogP contribution in [0.1, 0.15) is 54.2 Å². The lowest BCUT2D eigenvalue weighted by molar-refractivity contribution is -0.139. The summed E-state index contributed by atoms with van der Waals surface area (Å²) in [4.78, 5) is 37.6. The van der Waals surface area contributed by atoms with Crippen LogP contribution < -0.4 is 10.3 Å². The highest BCUT2D eigenvalue weighted by molar-refractivity contribution is 5.79. The molecule has 31 heavy (non-hydrogen) atoms. The Labute approximate surface area is 182 Å². The molecule has 3 heterocycles. The van der Waals surface area contributed by atoms with Crippen LogP contribution in [-0.4, -0.2) is 52.4 Å². The average molecular weight is 423 g/mol. The summed E-state index contributed by atoms with van der Waals surface area (Å²) in [7, 11) is 1.70. The molecule has 0 bridgehead atoms. The molecular formula is C24H30N4O3. The van der Waals surface area contributed by atoms with Crippen molar-refractivity contribution in [1.29, 1.82) is 0 Å². The van der Waals surface area contributed by atoms with E-state index in [0.29, 0.717) is 19.5 Å². The van der Waals surface area contributed by atoms with Crippen molar-refractivity contribution in [1.82, 2.24) is 19.8 Å². The molecular weight excluding hydrogens is 392 g/mol. The van der Waals surface area contributed by atoms with Crippen LogP contribution in [0.15, 0.2) is 29.1 Å². The number of nitrogens with zero attached hydrogens (tertiary/aromatic N) is 3. The van der Waals surface area contributed by atoms with Gasteiger partial charge < -0.3 is 14.6 Å². The monoisotopic (exact) mass is 422 g/mol. The van der Waals surface area contributed by atoms with Crippen LogP contribution in [0.5, 0.6) is 5.75 Å². The van der Waals surface area contributed by atoms with Crippen molar-refractivity contribution in [3.05, 3.63) is 57.3 Å². The normalized spacial score (nSPS) is 21.6. The van der Waals surface area contributed by atoms with Crippen molar-refractivity contribution in [3.63, 3.8) is 0 Å². The maximum Gasteiger partial charge on any atom is 0.254 e. The second kappa shape index (κ2) is 8.46. The van der Waals surface area contributed by atoms with E-state index in [-0.39, 0.29) is 23.3 Å². The highest BCUT2D eigenvalue weighted by atomic mass is 16.5. The summed E-state index contributed by atoms with van der Waals surface area (Å²) < 4.78 is 5.48. The number of carbonyl (C=O) groups excluding carboxylic acids is 1. The summed E-state index contributed by atoms with van der Waals surface area (Å²) in [5.74, 6) is 2.29. The number of likely N-dealkylation sites (tertiary alicyclic amines) is 1. The third-order valence-electron chi connectivity index (χ3n) is 7.10. The molecule has 7 heteroatoms. The number of benzene rings is 1. The van der Waals surface area contributed by atoms with Gasteiger partial charge in [-0.05, 0) is 38.3 Å². The summed E-state index contributed by atoms with van der Waals surface area (Å²) in [5, 5.41) is 0. The van der Waals surface area contributed by atoms with Crippen LogP contribution in [0.2, 0.25) is 0 Å². The topological polar surface area (TPSA) is 78.5 Å². The molecule has 0 unspecified atom stereocenters. The molecule has 0 radical (unpaired) electrons. The molecule has 2 fully saturated rings. The van der Waals surface area contributed by atoms with Gasteiger partial charge in [0.1, 0.15) is 11.6 Å². The number of hydrogen-bond donors (Lipinski definition) is 1. The van der Waals surface area contributed by atoms with Crippen LogP contribution >= 0.6 is 0 Å². The summed E-state index contributed by atoms with van der Waals surface area (Å²) in [6.45, 7) is 3.72. The van der Waals surface area contributed by atoms with Gasteiger partial charge in [0, 0.05) is 42.6 Å². The molecule has 0 spiro atoms. The Morgan fingerprint density at radius 2 is 2.06 bits per heavy atom. The maximum atomic E-state index is 12.7. The van der Waals surface area contributed by atoms with Crippen LogP contribution in [0.25, 0.3) is 0 Å². The largest absolute Gasteiger partial charge is 0.496 e. The molecule has 1 aromatic carbocycles. The molecule has 1 N–H and O–H groups in total. The fraction of sp³-hybridized carbons (Fsp3) is 0.542. The van der Waals surface area contributed by atoms with Gasteiger partial charge in [-0.1, -0.05) is 24.6 Å². The highest BCUT2D eigenvalue weighted by Crippen LogP contribution is 2.31. The SMILES string of the molecule is COc1ccccc1CN1CC[C@H](c2nc3c(c(=O)[nH]2)CCN(C(=O)C2CCC2)C3)C1. The lowest BCUT2D eigenvalue weighted by Gasteiger charge is -2.34. The van der Waals surface area contributed by atoms with E-state index in [0.717, 1.165) is 68.1 Å². The van der Waals surface area contributed by atoms with Crippen molar-refractivity contribution in [2.24, 2.45) is 5.92 Å². The standard InChI is InChI=1S/C24H30N4O3/c1-31-21-8-3-2-5-17(21)13-27-11-9-18(14-27)22-25-20-15-28(24(30)16-6-4-7-16)12-10-19(20)23(29)26-22/h2-3,5,8,16,18H,4,6-7,9-15H2,1H3,(H,25,26,29)/t18-/m0/s1. The maximum absolute atomic E-state index is 12.7. The van der Waals surface area contributed by atoms with Crippen LogP contribution in [0, 0.1) is 5.92 Å². The minimum Gasteiger partial charge on any atom is -0.496 e. The molecule has 164 valence electrons. The van der Waals surface area contributed by atoms with Crippen LogP contribution in [0.4, 0.5) is 0 Å². The zero-order chi connectivity index (χ0) is 21.4. The Hall–Kier alpha value is -2.67. The lowest BCUT2D eigenvalue weighted by atomic mass is 9.84. The molecule has 1 saturated carbocycles. The molecule has 1 atom stereocenters. The Balaban J connectivity index is 1.30. The van der Waals surface area contributed by atoms with E-state index in [1.807, 2.05) is 23.1 Å². The van der Waals surface area contributed by atoms with Gasteiger partial charge in [0.15, 0.2) is 0 Å². The Bertz CT molecular complexity index is 1030. The van der Waals surface area contributed by atoms with Crippen LogP contribution in [-0.2, 0) is 24.3 Å². The lowest BCUT2D eigenvalue weighted by Crippen LogP contribution is -2.43. The summed E-state index contributed by atoms with van der Waals surface area (Å²) >= 11 is 0. The van der Waals surface area contributed by atoms with E-state index in [2.05, 4.69) is 16.0 Å². The minimum atomic E-state index is -0.0288. The van der Waals surface area contributed by atoms with Crippen molar-refractivity contribution in [2.75, 3.05) is 26.7 Å². The van der Waals surface area contributed by atoms with Crippen molar-refractivity contribution in [2.45, 2.75) is 51.1 Å². The van der Waals surface area contributed by atoms with Gasteiger partial charge in [-0.3, -0.25) is 14.5 Å². The first-order valence-corrected chi connectivity index (χ1v) is 11.4. The third kappa shape index (κ3) is 3.99. The van der Waals surface area contributed by atoms with E-state index in [1.54, 1.807) is 7.11 Å². The van der Waals surface area contributed by atoms with Crippen LogP contribution in [0.3, 0.4) is 0 Å². The van der Waals surface area contributed by atoms with E-state index in [9.17, 15) is 9.59 Å². The number of carbonyl (C=O) groups is 1. The molecule has 2 aromatic rings. The summed E-state index contributed by atoms with van der Waals surface area (Å²) in [6, 6.07) is 8.10. The van der Waals surface area contributed by atoms with E-state index < -0.39 is 0 Å². The molecule has 7 nitrogen and oxygen atoms in total. The Morgan fingerprint density at radius 1 is 1.23 bits per heavy atom. The molecule has 1 aromatic heterocycles. The van der Waals surface area contributed by atoms with Crippen molar-refractivity contribution in [3.8, 4) is 5.75 Å². The average Bonchev–Trinajstić information content (AvgIpc) is 3.21. The quantitative estimate of drug-likeness (QED) is 0.801. The zero-order valence-electron chi connectivity index (χ0n) is 18.1. The van der Waals surface area contributed by atoms with Gasteiger partial charge in [-0.15, -0.1) is 0 Å². The van der Waals surface area contributed by atoms with Gasteiger partial charge in [-0.25, -0.2) is 4.98 Å². The first kappa shape index (κ1) is 20.2. The Kier molecular flexibility index (Phi) is 5.52. The number of rotatable bonds is 5. The second-order valence-corrected chi connectivity index (χ2v) is 9.05. The number of aromatic nitrogens is 2. The van der Waals surface area contributed by atoms with E-state index in [4.69, 9.17) is 9.72 Å². The second-order valence-electron chi connectivity index (χ2n) is 9.05. The molecule has 3 aliphatic rings. The highest BCUT2D eigenvalue weighted by Gasteiger charge is 2.33. The predicted molar refractivity (Wildman–Crippen MR) is 117 cm³/mol. The fourth-order valence-corrected chi connectivity index (χ4v) is 5.03. The molecule has 5 rings (SSSR count). The van der Waals surface area contributed by atoms with Gasteiger partial charge in [-0.2, -0.15) is 0 Å². The number of para-hydroxylation sites is 1. The Morgan fingerprint density at radius 3 is 2.84 bits per heavy atom. The summed E-state index contributed by atoms with van der Waals surface area (Å²) in [6.07, 6.45) is 4.71. The molecule has 1 amide bonds. The summed E-state index contributed by atoms with van der Waals surface area (Å²) in [5.41, 5.74) is 2.69. The first-order chi connectivity index (χ1) is 15.1. The van der Waals surface area contributed by atoms with E-state index >= 15 is 0 Å². The van der Waals surface area contributed by atoms with Crippen molar-refractivity contribution >= 4 is 5.91 Å². The van der Waals surface area contributed by atoms with Crippen molar-refractivity contribution < 1.29 is 9.53 Å². The number of fused-ring (bicyclic) bond motifs is 1. The van der Waals surface area contributed by atoms with Gasteiger partial charge in [0.25, 0.3) is 5.56 Å². The third-order valence-corrected chi connectivity index (χ3v) is 7.10. The number of methoxy groups -OCH3 is 1. The number of H-pyrrole nitrogens is 1. The molecule has 1 aliphatic carbocycles. The minimum absolute atomic E-state index is 0.0288. The number of hydrogen-bond acceptors (Lipinski definition) is 5.